The summed E-state index contributed by atoms with van der Waals surface area (Å²) in [6.45, 7) is 2.03. The van der Waals surface area contributed by atoms with Gasteiger partial charge in [0.25, 0.3) is 0 Å². The highest BCUT2D eigenvalue weighted by atomic mass is 32.2. The van der Waals surface area contributed by atoms with E-state index in [2.05, 4.69) is 10.2 Å². The third-order valence-corrected chi connectivity index (χ3v) is 4.87. The van der Waals surface area contributed by atoms with Crippen molar-refractivity contribution < 1.29 is 14.3 Å². The van der Waals surface area contributed by atoms with E-state index >= 15 is 0 Å². The Hall–Kier alpha value is -2.80. The van der Waals surface area contributed by atoms with Crippen LogP contribution in [-0.4, -0.2) is 40.5 Å². The van der Waals surface area contributed by atoms with Gasteiger partial charge in [-0.25, -0.2) is 0 Å². The summed E-state index contributed by atoms with van der Waals surface area (Å²) in [5.74, 6) is 1.36. The van der Waals surface area contributed by atoms with Crippen molar-refractivity contribution >= 4 is 17.5 Å². The van der Waals surface area contributed by atoms with Gasteiger partial charge >= 0.3 is 0 Å². The van der Waals surface area contributed by atoms with Crippen molar-refractivity contribution in [2.75, 3.05) is 20.0 Å². The lowest BCUT2D eigenvalue weighted by molar-refractivity contribution is 0.102. The van der Waals surface area contributed by atoms with Crippen molar-refractivity contribution in [2.45, 2.75) is 12.1 Å². The standard InChI is InChI=1S/C19H19N3O3S/c1-13-6-4-5-7-15(13)22-12-20-21-19(22)26-11-16(23)14-8-9-17(24-2)18(10-14)25-3/h4-10,12H,11H2,1-3H3. The number of carbonyl (C=O) groups excluding carboxylic acids is 1. The Morgan fingerprint density at radius 1 is 1.12 bits per heavy atom. The number of carbonyl (C=O) groups is 1. The summed E-state index contributed by atoms with van der Waals surface area (Å²) in [6, 6.07) is 13.1. The van der Waals surface area contributed by atoms with Gasteiger partial charge in [-0.05, 0) is 36.8 Å². The number of para-hydroxylation sites is 1. The molecule has 0 aliphatic heterocycles. The first-order valence-electron chi connectivity index (χ1n) is 7.98. The van der Waals surface area contributed by atoms with Gasteiger partial charge in [-0.2, -0.15) is 0 Å². The fourth-order valence-corrected chi connectivity index (χ4v) is 3.36. The average molecular weight is 369 g/mol. The van der Waals surface area contributed by atoms with Crippen LogP contribution in [0.25, 0.3) is 5.69 Å². The summed E-state index contributed by atoms with van der Waals surface area (Å²) in [4.78, 5) is 12.5. The van der Waals surface area contributed by atoms with Gasteiger partial charge in [0.2, 0.25) is 0 Å². The highest BCUT2D eigenvalue weighted by Gasteiger charge is 2.14. The zero-order valence-corrected chi connectivity index (χ0v) is 15.6. The molecule has 3 rings (SSSR count). The first-order valence-corrected chi connectivity index (χ1v) is 8.96. The zero-order chi connectivity index (χ0) is 18.5. The molecule has 0 amide bonds. The van der Waals surface area contributed by atoms with Crippen LogP contribution in [-0.2, 0) is 0 Å². The third kappa shape index (κ3) is 3.72. The number of hydrogen-bond donors (Lipinski definition) is 0. The van der Waals surface area contributed by atoms with Crippen LogP contribution < -0.4 is 9.47 Å². The van der Waals surface area contributed by atoms with Crippen LogP contribution in [0.2, 0.25) is 0 Å². The van der Waals surface area contributed by atoms with Crippen molar-refractivity contribution in [3.8, 4) is 17.2 Å². The van der Waals surface area contributed by atoms with Crippen molar-refractivity contribution in [1.29, 1.82) is 0 Å². The molecule has 0 saturated heterocycles. The van der Waals surface area contributed by atoms with E-state index in [1.165, 1.54) is 11.8 Å². The van der Waals surface area contributed by atoms with Crippen LogP contribution in [0, 0.1) is 6.92 Å². The molecule has 1 aromatic heterocycles. The molecular weight excluding hydrogens is 350 g/mol. The smallest absolute Gasteiger partial charge is 0.196 e. The first-order chi connectivity index (χ1) is 12.6. The molecule has 26 heavy (non-hydrogen) atoms. The number of aromatic nitrogens is 3. The van der Waals surface area contributed by atoms with Crippen molar-refractivity contribution in [2.24, 2.45) is 0 Å². The predicted molar refractivity (Wildman–Crippen MR) is 101 cm³/mol. The number of thioether (sulfide) groups is 1. The Morgan fingerprint density at radius 2 is 1.88 bits per heavy atom. The number of benzene rings is 2. The minimum absolute atomic E-state index is 0.0183. The predicted octanol–water partition coefficient (Wildman–Crippen LogP) is 3.57. The summed E-state index contributed by atoms with van der Waals surface area (Å²) < 4.78 is 12.4. The largest absolute Gasteiger partial charge is 0.493 e. The molecule has 0 atom stereocenters. The van der Waals surface area contributed by atoms with Gasteiger partial charge in [0, 0.05) is 5.56 Å². The normalized spacial score (nSPS) is 10.6. The highest BCUT2D eigenvalue weighted by Crippen LogP contribution is 2.29. The number of rotatable bonds is 7. The maximum atomic E-state index is 12.5. The average Bonchev–Trinajstić information content (AvgIpc) is 3.14. The molecule has 0 unspecified atom stereocenters. The van der Waals surface area contributed by atoms with Gasteiger partial charge in [0.15, 0.2) is 22.4 Å². The molecule has 0 radical (unpaired) electrons. The van der Waals surface area contributed by atoms with E-state index < -0.39 is 0 Å². The Kier molecular flexibility index (Phi) is 5.58. The highest BCUT2D eigenvalue weighted by molar-refractivity contribution is 7.99. The summed E-state index contributed by atoms with van der Waals surface area (Å²) >= 11 is 1.35. The van der Waals surface area contributed by atoms with Gasteiger partial charge in [0.05, 0.1) is 25.7 Å². The van der Waals surface area contributed by atoms with Gasteiger partial charge in [0.1, 0.15) is 6.33 Å². The monoisotopic (exact) mass is 369 g/mol. The second-order valence-electron chi connectivity index (χ2n) is 5.55. The van der Waals surface area contributed by atoms with E-state index in [1.807, 2.05) is 35.8 Å². The third-order valence-electron chi connectivity index (χ3n) is 3.93. The zero-order valence-electron chi connectivity index (χ0n) is 14.8. The van der Waals surface area contributed by atoms with Gasteiger partial charge in [-0.3, -0.25) is 9.36 Å². The van der Waals surface area contributed by atoms with Crippen LogP contribution in [0.15, 0.2) is 53.9 Å². The Bertz CT molecular complexity index is 924. The number of ether oxygens (including phenoxy) is 2. The number of hydrogen-bond acceptors (Lipinski definition) is 6. The number of ketones is 1. The van der Waals surface area contributed by atoms with E-state index in [1.54, 1.807) is 38.7 Å². The topological polar surface area (TPSA) is 66.2 Å². The van der Waals surface area contributed by atoms with Crippen LogP contribution in [0.5, 0.6) is 11.5 Å². The van der Waals surface area contributed by atoms with Crippen molar-refractivity contribution in [1.82, 2.24) is 14.8 Å². The lowest BCUT2D eigenvalue weighted by Crippen LogP contribution is -2.05. The molecule has 7 heteroatoms. The molecule has 0 spiro atoms. The molecular formula is C19H19N3O3S. The quantitative estimate of drug-likeness (QED) is 0.469. The molecule has 134 valence electrons. The van der Waals surface area contributed by atoms with E-state index in [0.29, 0.717) is 22.2 Å². The molecule has 1 heterocycles. The lowest BCUT2D eigenvalue weighted by atomic mass is 10.1. The summed E-state index contributed by atoms with van der Waals surface area (Å²) in [7, 11) is 3.11. The van der Waals surface area contributed by atoms with Crippen molar-refractivity contribution in [3.05, 3.63) is 59.9 Å². The summed E-state index contributed by atoms with van der Waals surface area (Å²) in [5, 5.41) is 8.80. The Morgan fingerprint density at radius 3 is 2.62 bits per heavy atom. The first kappa shape index (κ1) is 18.0. The number of Topliss-reactive ketones (excluding diaryl/α,β-unsaturated/α-hetero) is 1. The van der Waals surface area contributed by atoms with Gasteiger partial charge in [-0.15, -0.1) is 10.2 Å². The summed E-state index contributed by atoms with van der Waals surface area (Å²) in [5.41, 5.74) is 2.68. The SMILES string of the molecule is COc1ccc(C(=O)CSc2nncn2-c2ccccc2C)cc1OC. The van der Waals surface area contributed by atoms with Crippen LogP contribution in [0.1, 0.15) is 15.9 Å². The Balaban J connectivity index is 1.75. The van der Waals surface area contributed by atoms with Crippen LogP contribution >= 0.6 is 11.8 Å². The minimum atomic E-state index is -0.0183. The van der Waals surface area contributed by atoms with E-state index in [-0.39, 0.29) is 11.5 Å². The molecule has 0 N–H and O–H groups in total. The number of methoxy groups -OCH3 is 2. The van der Waals surface area contributed by atoms with Gasteiger partial charge < -0.3 is 9.47 Å². The Labute approximate surface area is 156 Å². The fourth-order valence-electron chi connectivity index (χ4n) is 2.54. The molecule has 0 fully saturated rings. The van der Waals surface area contributed by atoms with Crippen molar-refractivity contribution in [3.63, 3.8) is 0 Å². The van der Waals surface area contributed by atoms with E-state index in [0.717, 1.165) is 11.3 Å². The number of aryl methyl sites for hydroxylation is 1. The minimum Gasteiger partial charge on any atom is -0.493 e. The molecule has 3 aromatic rings. The van der Waals surface area contributed by atoms with E-state index in [9.17, 15) is 4.79 Å². The maximum Gasteiger partial charge on any atom is 0.196 e. The second-order valence-corrected chi connectivity index (χ2v) is 6.49. The molecule has 0 aliphatic carbocycles. The van der Waals surface area contributed by atoms with Gasteiger partial charge in [-0.1, -0.05) is 30.0 Å². The van der Waals surface area contributed by atoms with Crippen LogP contribution in [0.3, 0.4) is 0 Å². The molecule has 0 bridgehead atoms. The molecule has 6 nitrogen and oxygen atoms in total. The summed E-state index contributed by atoms with van der Waals surface area (Å²) in [6.07, 6.45) is 1.66. The molecule has 0 saturated carbocycles. The molecule has 0 aliphatic rings. The fraction of sp³-hybridized carbons (Fsp3) is 0.211. The molecule has 2 aromatic carbocycles. The maximum absolute atomic E-state index is 12.5. The second kappa shape index (κ2) is 8.05. The van der Waals surface area contributed by atoms with Crippen LogP contribution in [0.4, 0.5) is 0 Å². The number of nitrogens with zero attached hydrogens (tertiary/aromatic N) is 3. The lowest BCUT2D eigenvalue weighted by Gasteiger charge is -2.10. The van der Waals surface area contributed by atoms with E-state index in [4.69, 9.17) is 9.47 Å².